The first-order chi connectivity index (χ1) is 12.3. The number of morpholine rings is 1. The number of phosphoric acid groups is 1. The van der Waals surface area contributed by atoms with Crippen molar-refractivity contribution in [1.82, 2.24) is 0 Å². The molecule has 0 amide bonds. The predicted octanol–water partition coefficient (Wildman–Crippen LogP) is 1.77. The van der Waals surface area contributed by atoms with Crippen molar-refractivity contribution < 1.29 is 28.4 Å². The minimum Gasteiger partial charge on any atom is -0.403 e. The number of rotatable bonds is 5. The summed E-state index contributed by atoms with van der Waals surface area (Å²) < 4.78 is 21.5. The van der Waals surface area contributed by atoms with E-state index in [9.17, 15) is 19.1 Å². The molecule has 1 aliphatic rings. The second-order valence-electron chi connectivity index (χ2n) is 6.06. The number of ether oxygens (including phenoxy) is 1. The molecule has 140 valence electrons. The Hall–Kier alpha value is -0.180. The van der Waals surface area contributed by atoms with Crippen LogP contribution in [0, 0.1) is 6.92 Å². The van der Waals surface area contributed by atoms with E-state index in [1.54, 1.807) is 30.3 Å². The molecular formula is C18H20NNa2O6P. The second-order valence-corrected chi connectivity index (χ2v) is 7.22. The molecule has 1 saturated heterocycles. The van der Waals surface area contributed by atoms with Crippen molar-refractivity contribution in [2.75, 3.05) is 31.2 Å². The number of anilines is 1. The molecule has 0 aliphatic carbocycles. The molecule has 3 rings (SSSR count). The van der Waals surface area contributed by atoms with Crippen LogP contribution in [0.3, 0.4) is 0 Å². The fraction of sp³-hybridized carbons (Fsp3) is 0.278. The molecule has 1 aliphatic heterocycles. The third kappa shape index (κ3) is 6.96. The van der Waals surface area contributed by atoms with Gasteiger partial charge in [0.1, 0.15) is 5.75 Å². The van der Waals surface area contributed by atoms with E-state index in [-0.39, 0.29) is 76.2 Å². The second kappa shape index (κ2) is 11.3. The van der Waals surface area contributed by atoms with Crippen LogP contribution in [-0.4, -0.2) is 101 Å². The Kier molecular flexibility index (Phi) is 10.4. The van der Waals surface area contributed by atoms with Gasteiger partial charge in [-0.2, -0.15) is 0 Å². The first-order valence-corrected chi connectivity index (χ1v) is 9.70. The Morgan fingerprint density at radius 2 is 1.68 bits per heavy atom. The number of carbonyl (C=O) groups is 1. The standard InChI is InChI=1S/C18H20NO6P.2Na/c1-13-2-4-14(5-3-13)18(20)16-7-6-15(19-8-10-24-11-9-19)12-17(16)25-26(21,22)23;;/h2-7,12H,8-11H2,1H3,(H2,21,22,23);;. The molecule has 1 heterocycles. The summed E-state index contributed by atoms with van der Waals surface area (Å²) in [5.74, 6) is -0.491. The largest absolute Gasteiger partial charge is 0.524 e. The zero-order valence-electron chi connectivity index (χ0n) is 16.3. The summed E-state index contributed by atoms with van der Waals surface area (Å²) in [4.78, 5) is 33.3. The molecule has 7 nitrogen and oxygen atoms in total. The van der Waals surface area contributed by atoms with Gasteiger partial charge < -0.3 is 14.2 Å². The Labute approximate surface area is 208 Å². The number of hydrogen-bond donors (Lipinski definition) is 2. The molecule has 2 aromatic rings. The van der Waals surface area contributed by atoms with Crippen LogP contribution in [0.1, 0.15) is 21.5 Å². The van der Waals surface area contributed by atoms with Crippen LogP contribution in [0.5, 0.6) is 5.75 Å². The van der Waals surface area contributed by atoms with Gasteiger partial charge in [0.25, 0.3) is 0 Å². The third-order valence-electron chi connectivity index (χ3n) is 4.12. The van der Waals surface area contributed by atoms with Gasteiger partial charge in [-0.15, -0.1) is 0 Å². The van der Waals surface area contributed by atoms with Crippen LogP contribution in [0.4, 0.5) is 5.69 Å². The van der Waals surface area contributed by atoms with E-state index in [4.69, 9.17) is 9.26 Å². The number of aryl methyl sites for hydroxylation is 1. The van der Waals surface area contributed by atoms with E-state index >= 15 is 0 Å². The van der Waals surface area contributed by atoms with Crippen molar-refractivity contribution in [1.29, 1.82) is 0 Å². The van der Waals surface area contributed by atoms with E-state index in [1.807, 2.05) is 11.8 Å². The first-order valence-electron chi connectivity index (χ1n) is 8.17. The number of carbonyl (C=O) groups excluding carboxylic acids is 1. The van der Waals surface area contributed by atoms with Crippen molar-refractivity contribution in [2.24, 2.45) is 0 Å². The molecule has 0 saturated carbocycles. The Morgan fingerprint density at radius 3 is 2.25 bits per heavy atom. The maximum Gasteiger partial charge on any atom is 0.524 e. The molecule has 0 bridgehead atoms. The van der Waals surface area contributed by atoms with Crippen molar-refractivity contribution in [2.45, 2.75) is 6.92 Å². The van der Waals surface area contributed by atoms with Gasteiger partial charge in [-0.25, -0.2) is 4.57 Å². The molecule has 2 N–H and O–H groups in total. The zero-order valence-corrected chi connectivity index (χ0v) is 21.2. The zero-order chi connectivity index (χ0) is 18.7. The van der Waals surface area contributed by atoms with Crippen LogP contribution in [-0.2, 0) is 9.30 Å². The minimum atomic E-state index is -4.81. The average Bonchev–Trinajstić information content (AvgIpc) is 2.61. The number of phosphoric ester groups is 1. The summed E-state index contributed by atoms with van der Waals surface area (Å²) in [5.41, 5.74) is 2.26. The summed E-state index contributed by atoms with van der Waals surface area (Å²) >= 11 is 0. The molecule has 0 unspecified atom stereocenters. The van der Waals surface area contributed by atoms with Gasteiger partial charge in [-0.1, -0.05) is 29.8 Å². The summed E-state index contributed by atoms with van der Waals surface area (Å²) in [5, 5.41) is 0. The van der Waals surface area contributed by atoms with Crippen LogP contribution >= 0.6 is 7.82 Å². The Bertz CT molecular complexity index is 850. The molecular weight excluding hydrogens is 403 g/mol. The Morgan fingerprint density at radius 1 is 1.07 bits per heavy atom. The summed E-state index contributed by atoms with van der Waals surface area (Å²) in [6, 6.07) is 11.7. The predicted molar refractivity (Wildman–Crippen MR) is 108 cm³/mol. The van der Waals surface area contributed by atoms with E-state index in [1.165, 1.54) is 12.1 Å². The van der Waals surface area contributed by atoms with Gasteiger partial charge in [0.2, 0.25) is 0 Å². The van der Waals surface area contributed by atoms with Crippen molar-refractivity contribution in [3.05, 3.63) is 59.2 Å². The molecule has 1 fully saturated rings. The Balaban J connectivity index is 0.00000196. The first kappa shape index (κ1) is 25.9. The normalized spacial score (nSPS) is 13.9. The number of benzene rings is 2. The van der Waals surface area contributed by atoms with Crippen LogP contribution < -0.4 is 9.42 Å². The quantitative estimate of drug-likeness (QED) is 0.430. The number of ketones is 1. The third-order valence-corrected chi connectivity index (χ3v) is 4.55. The summed E-state index contributed by atoms with van der Waals surface area (Å²) in [6.07, 6.45) is 0. The van der Waals surface area contributed by atoms with Gasteiger partial charge >= 0.3 is 7.82 Å². The van der Waals surface area contributed by atoms with Crippen molar-refractivity contribution in [3.63, 3.8) is 0 Å². The molecule has 28 heavy (non-hydrogen) atoms. The minimum absolute atomic E-state index is 0. The van der Waals surface area contributed by atoms with Crippen molar-refractivity contribution in [3.8, 4) is 5.75 Å². The average molecular weight is 423 g/mol. The molecule has 0 aromatic heterocycles. The SMILES string of the molecule is Cc1ccc(C(=O)c2ccc(N3CCOCC3)cc2OP(=O)(O)O)cc1.[Na].[Na]. The van der Waals surface area contributed by atoms with E-state index < -0.39 is 7.82 Å². The number of hydrogen-bond acceptors (Lipinski definition) is 5. The molecule has 2 radical (unpaired) electrons. The van der Waals surface area contributed by atoms with Gasteiger partial charge in [-0.05, 0) is 19.1 Å². The van der Waals surface area contributed by atoms with Crippen LogP contribution in [0.25, 0.3) is 0 Å². The van der Waals surface area contributed by atoms with Crippen LogP contribution in [0.15, 0.2) is 42.5 Å². The smallest absolute Gasteiger partial charge is 0.403 e. The molecule has 10 heteroatoms. The summed E-state index contributed by atoms with van der Waals surface area (Å²) in [7, 11) is -4.81. The maximum atomic E-state index is 12.8. The van der Waals surface area contributed by atoms with Gasteiger partial charge in [0.15, 0.2) is 5.78 Å². The van der Waals surface area contributed by atoms with Gasteiger partial charge in [0, 0.05) is 89.5 Å². The van der Waals surface area contributed by atoms with Crippen LogP contribution in [0.2, 0.25) is 0 Å². The van der Waals surface area contributed by atoms with Gasteiger partial charge in [-0.3, -0.25) is 14.6 Å². The monoisotopic (exact) mass is 423 g/mol. The molecule has 0 atom stereocenters. The topological polar surface area (TPSA) is 96.3 Å². The van der Waals surface area contributed by atoms with E-state index in [0.29, 0.717) is 31.9 Å². The van der Waals surface area contributed by atoms with E-state index in [2.05, 4.69) is 0 Å². The maximum absolute atomic E-state index is 12.8. The number of nitrogens with zero attached hydrogens (tertiary/aromatic N) is 1. The summed E-state index contributed by atoms with van der Waals surface area (Å²) in [6.45, 7) is 4.35. The molecule has 0 spiro atoms. The fourth-order valence-corrected chi connectivity index (χ4v) is 3.19. The molecule has 2 aromatic carbocycles. The van der Waals surface area contributed by atoms with Crippen molar-refractivity contribution >= 4 is 78.4 Å². The fourth-order valence-electron chi connectivity index (χ4n) is 2.78. The van der Waals surface area contributed by atoms with Gasteiger partial charge in [0.05, 0.1) is 18.8 Å². The van der Waals surface area contributed by atoms with E-state index in [0.717, 1.165) is 11.3 Å².